The number of carbonyl (C=O) groups is 1. The zero-order chi connectivity index (χ0) is 28.6. The second-order valence-corrected chi connectivity index (χ2v) is 10.6. The van der Waals surface area contributed by atoms with Crippen molar-refractivity contribution in [1.82, 2.24) is 5.32 Å². The van der Waals surface area contributed by atoms with Crippen LogP contribution in [0.4, 0.5) is 0 Å². The molecule has 8 atom stereocenters. The van der Waals surface area contributed by atoms with Crippen molar-refractivity contribution in [2.75, 3.05) is 39.6 Å². The van der Waals surface area contributed by atoms with Crippen LogP contribution in [-0.4, -0.2) is 125 Å². The van der Waals surface area contributed by atoms with Crippen LogP contribution in [0.2, 0.25) is 0 Å². The number of carbonyl (C=O) groups excluding carboxylic acids is 1. The maximum Gasteiger partial charge on any atom is 0.220 e. The molecule has 0 aromatic rings. The van der Waals surface area contributed by atoms with Crippen molar-refractivity contribution < 1.29 is 54.4 Å². The number of hydrogen-bond acceptors (Lipinski definition) is 11. The van der Waals surface area contributed by atoms with E-state index in [1.165, 1.54) is 25.7 Å². The van der Waals surface area contributed by atoms with Crippen LogP contribution in [0.5, 0.6) is 0 Å². The third-order valence-corrected chi connectivity index (χ3v) is 7.54. The summed E-state index contributed by atoms with van der Waals surface area (Å²) < 4.78 is 21.9. The fourth-order valence-electron chi connectivity index (χ4n) is 4.86. The number of hydrogen-bond donors (Lipinski definition) is 7. The van der Waals surface area contributed by atoms with Gasteiger partial charge >= 0.3 is 0 Å². The van der Waals surface area contributed by atoms with Gasteiger partial charge in [0.2, 0.25) is 5.91 Å². The Morgan fingerprint density at radius 2 is 1.67 bits per heavy atom. The van der Waals surface area contributed by atoms with Crippen molar-refractivity contribution in [3.05, 3.63) is 0 Å². The van der Waals surface area contributed by atoms with Crippen LogP contribution >= 0.6 is 0 Å². The van der Waals surface area contributed by atoms with Crippen molar-refractivity contribution in [1.29, 1.82) is 0 Å². The molecule has 2 aliphatic heterocycles. The van der Waals surface area contributed by atoms with E-state index in [0.29, 0.717) is 13.0 Å². The van der Waals surface area contributed by atoms with Gasteiger partial charge in [-0.2, -0.15) is 0 Å². The highest BCUT2D eigenvalue weighted by atomic mass is 16.7. The first kappa shape index (κ1) is 34.3. The second-order valence-electron chi connectivity index (χ2n) is 10.6. The smallest absolute Gasteiger partial charge is 0.220 e. The van der Waals surface area contributed by atoms with E-state index in [0.717, 1.165) is 45.0 Å². The van der Waals surface area contributed by atoms with Gasteiger partial charge in [-0.15, -0.1) is 0 Å². The van der Waals surface area contributed by atoms with Gasteiger partial charge in [-0.1, -0.05) is 26.2 Å². The Hall–Kier alpha value is -0.930. The van der Waals surface area contributed by atoms with Crippen LogP contribution in [0.25, 0.3) is 0 Å². The van der Waals surface area contributed by atoms with E-state index in [9.17, 15) is 35.4 Å². The molecule has 39 heavy (non-hydrogen) atoms. The lowest BCUT2D eigenvalue weighted by Crippen LogP contribution is -2.60. The molecule has 12 nitrogen and oxygen atoms in total. The molecule has 7 N–H and O–H groups in total. The van der Waals surface area contributed by atoms with Crippen LogP contribution in [0.1, 0.15) is 71.1 Å². The summed E-state index contributed by atoms with van der Waals surface area (Å²) in [6, 6.07) is -1.01. The van der Waals surface area contributed by atoms with Crippen LogP contribution in [0, 0.1) is 5.92 Å². The average Bonchev–Trinajstić information content (AvgIpc) is 2.95. The highest BCUT2D eigenvalue weighted by Crippen LogP contribution is 2.23. The third kappa shape index (κ3) is 12.2. The summed E-state index contributed by atoms with van der Waals surface area (Å²) >= 11 is 0. The van der Waals surface area contributed by atoms with Gasteiger partial charge in [0.05, 0.1) is 25.4 Å². The van der Waals surface area contributed by atoms with Crippen molar-refractivity contribution in [2.45, 2.75) is 120 Å². The lowest BCUT2D eigenvalue weighted by atomic mass is 9.94. The molecule has 5 unspecified atom stereocenters. The van der Waals surface area contributed by atoms with Crippen LogP contribution in [0.3, 0.4) is 0 Å². The fourth-order valence-corrected chi connectivity index (χ4v) is 4.86. The van der Waals surface area contributed by atoms with Crippen LogP contribution < -0.4 is 5.32 Å². The van der Waals surface area contributed by atoms with Crippen molar-refractivity contribution in [2.24, 2.45) is 5.92 Å². The van der Waals surface area contributed by atoms with Crippen LogP contribution in [0.15, 0.2) is 0 Å². The third-order valence-electron chi connectivity index (χ3n) is 7.54. The van der Waals surface area contributed by atoms with E-state index in [2.05, 4.69) is 5.32 Å². The van der Waals surface area contributed by atoms with Gasteiger partial charge in [-0.3, -0.25) is 4.79 Å². The van der Waals surface area contributed by atoms with Gasteiger partial charge in [0.15, 0.2) is 6.29 Å². The van der Waals surface area contributed by atoms with Crippen LogP contribution in [-0.2, 0) is 23.7 Å². The molecule has 1 amide bonds. The SMILES string of the molecule is CC[C@@H](O)[C@@H](O)[C@H](COC1OC(CO)C(O)C(O)C1O)NC(=O)CCCCCOCCCCC1CCOCC1. The Morgan fingerprint density at radius 3 is 2.33 bits per heavy atom. The number of amides is 1. The molecule has 2 aliphatic rings. The van der Waals surface area contributed by atoms with E-state index in [1.54, 1.807) is 6.92 Å². The summed E-state index contributed by atoms with van der Waals surface area (Å²) in [6.45, 7) is 3.90. The van der Waals surface area contributed by atoms with Crippen molar-refractivity contribution in [3.8, 4) is 0 Å². The van der Waals surface area contributed by atoms with Gasteiger partial charge < -0.3 is 54.9 Å². The fraction of sp³-hybridized carbons (Fsp3) is 0.963. The topological polar surface area (TPSA) is 187 Å². The lowest BCUT2D eigenvalue weighted by Gasteiger charge is -2.40. The molecular formula is C27H51NO11. The normalized spacial score (nSPS) is 28.6. The minimum Gasteiger partial charge on any atom is -0.394 e. The number of aliphatic hydroxyl groups is 6. The maximum absolute atomic E-state index is 12.5. The molecule has 12 heteroatoms. The molecule has 2 rings (SSSR count). The zero-order valence-corrected chi connectivity index (χ0v) is 23.2. The molecule has 0 radical (unpaired) electrons. The number of ether oxygens (including phenoxy) is 4. The molecule has 0 aromatic heterocycles. The highest BCUT2D eigenvalue weighted by Gasteiger charge is 2.44. The molecule has 0 saturated carbocycles. The molecule has 2 saturated heterocycles. The molecule has 0 bridgehead atoms. The van der Waals surface area contributed by atoms with Gasteiger partial charge in [-0.25, -0.2) is 0 Å². The van der Waals surface area contributed by atoms with E-state index in [4.69, 9.17) is 18.9 Å². The maximum atomic E-state index is 12.5. The first-order valence-corrected chi connectivity index (χ1v) is 14.5. The summed E-state index contributed by atoms with van der Waals surface area (Å²) in [4.78, 5) is 12.5. The van der Waals surface area contributed by atoms with Gasteiger partial charge in [0.25, 0.3) is 0 Å². The quantitative estimate of drug-likeness (QED) is 0.101. The van der Waals surface area contributed by atoms with E-state index in [-0.39, 0.29) is 25.4 Å². The highest BCUT2D eigenvalue weighted by molar-refractivity contribution is 5.76. The molecule has 2 fully saturated rings. The molecule has 0 aromatic carbocycles. The predicted octanol–water partition coefficient (Wildman–Crippen LogP) is -0.407. The Labute approximate surface area is 231 Å². The van der Waals surface area contributed by atoms with Crippen molar-refractivity contribution in [3.63, 3.8) is 0 Å². The standard InChI is InChI=1S/C27H51NO11/c1-2-20(30)23(32)19(17-38-27-26(35)25(34)24(33)21(16-29)39-27)28-22(31)9-4-3-6-12-36-13-7-5-8-18-10-14-37-15-11-18/h18-21,23-27,29-30,32-35H,2-17H2,1H3,(H,28,31)/t19-,20+,21?,23-,24?,25?,26?,27?/m0/s1. The van der Waals surface area contributed by atoms with Gasteiger partial charge in [0, 0.05) is 32.8 Å². The molecule has 0 aliphatic carbocycles. The Kier molecular flexibility index (Phi) is 16.9. The summed E-state index contributed by atoms with van der Waals surface area (Å²) in [5.41, 5.74) is 0. The van der Waals surface area contributed by atoms with E-state index >= 15 is 0 Å². The first-order valence-electron chi connectivity index (χ1n) is 14.5. The first-order chi connectivity index (χ1) is 18.8. The monoisotopic (exact) mass is 565 g/mol. The molecular weight excluding hydrogens is 514 g/mol. The Balaban J connectivity index is 1.64. The predicted molar refractivity (Wildman–Crippen MR) is 141 cm³/mol. The average molecular weight is 566 g/mol. The van der Waals surface area contributed by atoms with E-state index in [1.807, 2.05) is 0 Å². The Morgan fingerprint density at radius 1 is 0.974 bits per heavy atom. The minimum absolute atomic E-state index is 0.219. The number of rotatable bonds is 19. The number of nitrogens with one attached hydrogen (secondary N) is 1. The summed E-state index contributed by atoms with van der Waals surface area (Å²) in [5, 5.41) is 62.6. The van der Waals surface area contributed by atoms with Gasteiger partial charge in [-0.05, 0) is 44.4 Å². The number of aliphatic hydroxyl groups excluding tert-OH is 6. The molecule has 230 valence electrons. The summed E-state index contributed by atoms with van der Waals surface area (Å²) in [5.74, 6) is 0.462. The zero-order valence-electron chi connectivity index (χ0n) is 23.2. The second kappa shape index (κ2) is 19.2. The Bertz CT molecular complexity index is 649. The number of unbranched alkanes of at least 4 members (excludes halogenated alkanes) is 3. The summed E-state index contributed by atoms with van der Waals surface area (Å²) in [7, 11) is 0. The van der Waals surface area contributed by atoms with Gasteiger partial charge in [0.1, 0.15) is 30.5 Å². The minimum atomic E-state index is -1.61. The van der Waals surface area contributed by atoms with E-state index < -0.39 is 55.6 Å². The molecule has 2 heterocycles. The molecule has 0 spiro atoms. The van der Waals surface area contributed by atoms with Crippen molar-refractivity contribution >= 4 is 5.91 Å². The lowest BCUT2D eigenvalue weighted by molar-refractivity contribution is -0.303. The summed E-state index contributed by atoms with van der Waals surface area (Å²) in [6.07, 6.45) is -1.24. The largest absolute Gasteiger partial charge is 0.394 e.